The molecule has 1 fully saturated rings. The molecule has 3 atom stereocenters. The van der Waals surface area contributed by atoms with Crippen LogP contribution >= 0.6 is 0 Å². The molecule has 190 valence electrons. The average Bonchev–Trinajstić information content (AvgIpc) is 2.93. The summed E-state index contributed by atoms with van der Waals surface area (Å²) in [5.41, 5.74) is -0.646. The SMILES string of the molecule is C[C@@H](CCNC(=O)OC(C)(C)C)CC(=O)N(C(=O)Nc1ccccc1F)C1CCCNCC1O. The Morgan fingerprint density at radius 3 is 2.68 bits per heavy atom. The second-order valence-corrected chi connectivity index (χ2v) is 9.68. The number of hydrogen-bond donors (Lipinski definition) is 4. The van der Waals surface area contributed by atoms with Crippen molar-refractivity contribution in [1.29, 1.82) is 0 Å². The molecule has 2 rings (SSSR count). The van der Waals surface area contributed by atoms with Gasteiger partial charge in [-0.3, -0.25) is 9.69 Å². The lowest BCUT2D eigenvalue weighted by Crippen LogP contribution is -2.53. The van der Waals surface area contributed by atoms with Crippen LogP contribution in [0.3, 0.4) is 0 Å². The van der Waals surface area contributed by atoms with Crippen LogP contribution in [0.25, 0.3) is 0 Å². The van der Waals surface area contributed by atoms with E-state index >= 15 is 0 Å². The number of alkyl carbamates (subject to hydrolysis) is 1. The summed E-state index contributed by atoms with van der Waals surface area (Å²) in [6, 6.07) is 4.19. The first-order valence-electron chi connectivity index (χ1n) is 11.7. The van der Waals surface area contributed by atoms with Crippen LogP contribution < -0.4 is 16.0 Å². The largest absolute Gasteiger partial charge is 0.444 e. The lowest BCUT2D eigenvalue weighted by Gasteiger charge is -2.33. The number of β-amino-alcohol motifs (C(OH)–C–C–N with tert-alkyl or cyclic N) is 1. The maximum absolute atomic E-state index is 14.1. The highest BCUT2D eigenvalue weighted by molar-refractivity contribution is 6.01. The molecule has 34 heavy (non-hydrogen) atoms. The number of carbonyl (C=O) groups is 3. The Morgan fingerprint density at radius 2 is 2.00 bits per heavy atom. The minimum atomic E-state index is -0.943. The van der Waals surface area contributed by atoms with Gasteiger partial charge in [0.25, 0.3) is 0 Å². The fraction of sp³-hybridized carbons (Fsp3) is 0.625. The lowest BCUT2D eigenvalue weighted by molar-refractivity contribution is -0.132. The topological polar surface area (TPSA) is 120 Å². The zero-order valence-corrected chi connectivity index (χ0v) is 20.4. The number of carbonyl (C=O) groups excluding carboxylic acids is 3. The third-order valence-electron chi connectivity index (χ3n) is 5.41. The summed E-state index contributed by atoms with van der Waals surface area (Å²) in [6.07, 6.45) is 0.139. The number of benzene rings is 1. The Morgan fingerprint density at radius 1 is 1.29 bits per heavy atom. The number of urea groups is 1. The molecule has 1 saturated heterocycles. The number of aliphatic hydroxyl groups excluding tert-OH is 1. The van der Waals surface area contributed by atoms with E-state index in [-0.39, 0.29) is 24.6 Å². The molecular weight excluding hydrogens is 443 g/mol. The van der Waals surface area contributed by atoms with Gasteiger partial charge in [-0.1, -0.05) is 19.1 Å². The molecule has 1 heterocycles. The highest BCUT2D eigenvalue weighted by Crippen LogP contribution is 2.21. The molecule has 1 aliphatic rings. The summed E-state index contributed by atoms with van der Waals surface area (Å²) < 4.78 is 19.3. The number of anilines is 1. The summed E-state index contributed by atoms with van der Waals surface area (Å²) >= 11 is 0. The lowest BCUT2D eigenvalue weighted by atomic mass is 10.00. The zero-order chi connectivity index (χ0) is 25.3. The van der Waals surface area contributed by atoms with Crippen LogP contribution in [0.4, 0.5) is 19.7 Å². The van der Waals surface area contributed by atoms with Crippen molar-refractivity contribution in [3.63, 3.8) is 0 Å². The molecule has 10 heteroatoms. The number of imide groups is 1. The van der Waals surface area contributed by atoms with Gasteiger partial charge in [0.2, 0.25) is 5.91 Å². The van der Waals surface area contributed by atoms with Gasteiger partial charge in [0.15, 0.2) is 0 Å². The second-order valence-electron chi connectivity index (χ2n) is 9.68. The van der Waals surface area contributed by atoms with E-state index in [1.807, 2.05) is 6.92 Å². The molecule has 0 bridgehead atoms. The smallest absolute Gasteiger partial charge is 0.407 e. The normalized spacial score (nSPS) is 19.5. The summed E-state index contributed by atoms with van der Waals surface area (Å²) in [5, 5.41) is 18.8. The molecule has 1 aromatic rings. The first-order valence-corrected chi connectivity index (χ1v) is 11.7. The number of halogens is 1. The van der Waals surface area contributed by atoms with E-state index in [1.54, 1.807) is 26.8 Å². The third-order valence-corrected chi connectivity index (χ3v) is 5.41. The first kappa shape index (κ1) is 27.5. The number of amides is 4. The highest BCUT2D eigenvalue weighted by atomic mass is 19.1. The van der Waals surface area contributed by atoms with Crippen molar-refractivity contribution in [1.82, 2.24) is 15.5 Å². The Labute approximate surface area is 200 Å². The Balaban J connectivity index is 2.05. The molecular formula is C24H37FN4O5. The van der Waals surface area contributed by atoms with Gasteiger partial charge in [-0.25, -0.2) is 14.0 Å². The molecule has 0 saturated carbocycles. The molecule has 0 aliphatic carbocycles. The van der Waals surface area contributed by atoms with Crippen LogP contribution in [0.1, 0.15) is 53.4 Å². The van der Waals surface area contributed by atoms with Crippen molar-refractivity contribution >= 4 is 23.7 Å². The average molecular weight is 481 g/mol. The van der Waals surface area contributed by atoms with E-state index in [2.05, 4.69) is 16.0 Å². The minimum Gasteiger partial charge on any atom is -0.444 e. The van der Waals surface area contributed by atoms with Gasteiger partial charge < -0.3 is 25.8 Å². The van der Waals surface area contributed by atoms with Crippen molar-refractivity contribution < 1.29 is 28.6 Å². The maximum Gasteiger partial charge on any atom is 0.407 e. The number of hydrogen-bond acceptors (Lipinski definition) is 6. The van der Waals surface area contributed by atoms with Crippen LogP contribution in [0, 0.1) is 11.7 Å². The Kier molecular flexibility index (Phi) is 10.2. The molecule has 9 nitrogen and oxygen atoms in total. The molecule has 4 amide bonds. The standard InChI is InChI=1S/C24H37FN4O5/c1-16(11-13-27-23(33)34-24(2,3)4)14-21(31)29(19-10-7-12-26-15-20(19)30)22(32)28-18-9-6-5-8-17(18)25/h5-6,8-9,16,19-20,26,30H,7,10-15H2,1-4H3,(H,27,33)(H,28,32)/t16-,19?,20?/m0/s1. The van der Waals surface area contributed by atoms with E-state index < -0.39 is 41.6 Å². The van der Waals surface area contributed by atoms with E-state index in [9.17, 15) is 23.9 Å². The van der Waals surface area contributed by atoms with Crippen molar-refractivity contribution in [2.75, 3.05) is 25.0 Å². The predicted octanol–water partition coefficient (Wildman–Crippen LogP) is 3.24. The quantitative estimate of drug-likeness (QED) is 0.476. The minimum absolute atomic E-state index is 0.0251. The molecule has 4 N–H and O–H groups in total. The van der Waals surface area contributed by atoms with Gasteiger partial charge in [0.1, 0.15) is 11.4 Å². The number of nitrogens with one attached hydrogen (secondary N) is 3. The highest BCUT2D eigenvalue weighted by Gasteiger charge is 2.36. The van der Waals surface area contributed by atoms with E-state index in [0.717, 1.165) is 4.90 Å². The van der Waals surface area contributed by atoms with E-state index in [1.165, 1.54) is 18.2 Å². The molecule has 0 radical (unpaired) electrons. The fourth-order valence-corrected chi connectivity index (χ4v) is 3.74. The molecule has 1 aliphatic heterocycles. The Bertz CT molecular complexity index is 845. The van der Waals surface area contributed by atoms with Crippen molar-refractivity contribution in [2.24, 2.45) is 5.92 Å². The van der Waals surface area contributed by atoms with Crippen molar-refractivity contribution in [3.05, 3.63) is 30.1 Å². The summed E-state index contributed by atoms with van der Waals surface area (Å²) in [5.74, 6) is -1.25. The van der Waals surface area contributed by atoms with Crippen LogP contribution in [-0.2, 0) is 9.53 Å². The summed E-state index contributed by atoms with van der Waals surface area (Å²) in [6.45, 7) is 8.37. The zero-order valence-electron chi connectivity index (χ0n) is 20.4. The molecule has 0 aromatic heterocycles. The van der Waals surface area contributed by atoms with Gasteiger partial charge in [-0.2, -0.15) is 0 Å². The van der Waals surface area contributed by atoms with E-state index in [0.29, 0.717) is 32.4 Å². The van der Waals surface area contributed by atoms with Crippen molar-refractivity contribution in [2.45, 2.75) is 71.1 Å². The predicted molar refractivity (Wildman–Crippen MR) is 127 cm³/mol. The first-order chi connectivity index (χ1) is 16.0. The summed E-state index contributed by atoms with van der Waals surface area (Å²) in [7, 11) is 0. The number of rotatable bonds is 7. The molecule has 1 aromatic carbocycles. The van der Waals surface area contributed by atoms with Crippen LogP contribution in [-0.4, -0.2) is 65.4 Å². The Hall–Kier alpha value is -2.72. The van der Waals surface area contributed by atoms with Gasteiger partial charge in [0, 0.05) is 19.5 Å². The van der Waals surface area contributed by atoms with Gasteiger partial charge in [0.05, 0.1) is 17.8 Å². The van der Waals surface area contributed by atoms with Crippen LogP contribution in [0.5, 0.6) is 0 Å². The van der Waals surface area contributed by atoms with Crippen LogP contribution in [0.15, 0.2) is 24.3 Å². The van der Waals surface area contributed by atoms with E-state index in [4.69, 9.17) is 4.74 Å². The van der Waals surface area contributed by atoms with Gasteiger partial charge in [-0.05, 0) is 64.6 Å². The fourth-order valence-electron chi connectivity index (χ4n) is 3.74. The molecule has 0 spiro atoms. The third kappa shape index (κ3) is 8.90. The number of ether oxygens (including phenoxy) is 1. The number of para-hydroxylation sites is 1. The summed E-state index contributed by atoms with van der Waals surface area (Å²) in [4.78, 5) is 39.2. The second kappa shape index (κ2) is 12.7. The van der Waals surface area contributed by atoms with Crippen molar-refractivity contribution in [3.8, 4) is 0 Å². The monoisotopic (exact) mass is 480 g/mol. The maximum atomic E-state index is 14.1. The van der Waals surface area contributed by atoms with Gasteiger partial charge in [-0.15, -0.1) is 0 Å². The van der Waals surface area contributed by atoms with Crippen LogP contribution in [0.2, 0.25) is 0 Å². The van der Waals surface area contributed by atoms with Gasteiger partial charge >= 0.3 is 12.1 Å². The molecule has 2 unspecified atom stereocenters. The number of aliphatic hydroxyl groups is 1. The number of nitrogens with zero attached hydrogens (tertiary/aromatic N) is 1.